The van der Waals surface area contributed by atoms with Gasteiger partial charge in [0.15, 0.2) is 5.69 Å². The second-order valence-electron chi connectivity index (χ2n) is 4.50. The third-order valence-corrected chi connectivity index (χ3v) is 3.04. The van der Waals surface area contributed by atoms with Gasteiger partial charge in [-0.05, 0) is 31.7 Å². The fourth-order valence-electron chi connectivity index (χ4n) is 1.67. The van der Waals surface area contributed by atoms with E-state index in [-0.39, 0.29) is 5.54 Å². The van der Waals surface area contributed by atoms with E-state index in [4.69, 9.17) is 5.73 Å². The van der Waals surface area contributed by atoms with Gasteiger partial charge in [0, 0.05) is 18.3 Å². The molecule has 1 fully saturated rings. The van der Waals surface area contributed by atoms with Crippen LogP contribution in [0.2, 0.25) is 0 Å². The molecule has 1 aliphatic carbocycles. The lowest BCUT2D eigenvalue weighted by molar-refractivity contribution is -0.141. The molecule has 1 saturated carbocycles. The van der Waals surface area contributed by atoms with E-state index >= 15 is 0 Å². The quantitative estimate of drug-likeness (QED) is 0.866. The SMILES string of the molecule is Cn1nc(C(F)(F)F)cc1CCC1(N)CC1. The highest BCUT2D eigenvalue weighted by Crippen LogP contribution is 2.37. The Bertz CT molecular complexity index is 391. The van der Waals surface area contributed by atoms with E-state index in [1.807, 2.05) is 0 Å². The summed E-state index contributed by atoms with van der Waals surface area (Å²) in [5, 5.41) is 3.45. The van der Waals surface area contributed by atoms with Gasteiger partial charge in [0.05, 0.1) is 0 Å². The molecule has 1 heterocycles. The molecule has 0 amide bonds. The molecule has 1 aliphatic rings. The van der Waals surface area contributed by atoms with Gasteiger partial charge in [0.1, 0.15) is 0 Å². The van der Waals surface area contributed by atoms with Gasteiger partial charge >= 0.3 is 6.18 Å². The van der Waals surface area contributed by atoms with Crippen molar-refractivity contribution in [1.82, 2.24) is 9.78 Å². The van der Waals surface area contributed by atoms with Gasteiger partial charge < -0.3 is 5.73 Å². The standard InChI is InChI=1S/C10H14F3N3/c1-16-7(2-3-9(14)4-5-9)6-8(15-16)10(11,12)13/h6H,2-5,14H2,1H3. The molecule has 0 unspecified atom stereocenters. The van der Waals surface area contributed by atoms with Crippen LogP contribution < -0.4 is 5.73 Å². The molecule has 90 valence electrons. The van der Waals surface area contributed by atoms with Crippen LogP contribution in [0.15, 0.2) is 6.07 Å². The van der Waals surface area contributed by atoms with Crippen LogP contribution in [0.5, 0.6) is 0 Å². The summed E-state index contributed by atoms with van der Waals surface area (Å²) in [5.41, 5.74) is 5.51. The fourth-order valence-corrected chi connectivity index (χ4v) is 1.67. The van der Waals surface area contributed by atoms with Crippen molar-refractivity contribution in [2.75, 3.05) is 0 Å². The Hall–Kier alpha value is -1.04. The lowest BCUT2D eigenvalue weighted by Gasteiger charge is -2.07. The Balaban J connectivity index is 2.06. The van der Waals surface area contributed by atoms with E-state index in [1.54, 1.807) is 0 Å². The zero-order chi connectivity index (χ0) is 12.0. The predicted molar refractivity (Wildman–Crippen MR) is 52.7 cm³/mol. The zero-order valence-corrected chi connectivity index (χ0v) is 9.01. The largest absolute Gasteiger partial charge is 0.435 e. The maximum atomic E-state index is 12.4. The molecule has 2 rings (SSSR count). The highest BCUT2D eigenvalue weighted by Gasteiger charge is 2.38. The van der Waals surface area contributed by atoms with Crippen molar-refractivity contribution < 1.29 is 13.2 Å². The molecule has 1 aromatic heterocycles. The summed E-state index contributed by atoms with van der Waals surface area (Å²) in [6.45, 7) is 0. The Labute approximate surface area is 91.4 Å². The normalized spacial score (nSPS) is 18.8. The Morgan fingerprint density at radius 2 is 2.12 bits per heavy atom. The minimum atomic E-state index is -4.37. The van der Waals surface area contributed by atoms with Crippen molar-refractivity contribution in [3.8, 4) is 0 Å². The number of aromatic nitrogens is 2. The number of hydrogen-bond donors (Lipinski definition) is 1. The van der Waals surface area contributed by atoms with Gasteiger partial charge in [-0.15, -0.1) is 0 Å². The van der Waals surface area contributed by atoms with Gasteiger partial charge in [-0.25, -0.2) is 0 Å². The Morgan fingerprint density at radius 1 is 1.50 bits per heavy atom. The van der Waals surface area contributed by atoms with E-state index in [9.17, 15) is 13.2 Å². The van der Waals surface area contributed by atoms with Crippen LogP contribution >= 0.6 is 0 Å². The first-order valence-electron chi connectivity index (χ1n) is 5.19. The predicted octanol–water partition coefficient (Wildman–Crippen LogP) is 1.86. The molecular formula is C10H14F3N3. The van der Waals surface area contributed by atoms with Crippen molar-refractivity contribution in [3.05, 3.63) is 17.5 Å². The van der Waals surface area contributed by atoms with Crippen molar-refractivity contribution in [3.63, 3.8) is 0 Å². The second-order valence-corrected chi connectivity index (χ2v) is 4.50. The van der Waals surface area contributed by atoms with Crippen LogP contribution in [-0.4, -0.2) is 15.3 Å². The number of nitrogens with two attached hydrogens (primary N) is 1. The summed E-state index contributed by atoms with van der Waals surface area (Å²) >= 11 is 0. The van der Waals surface area contributed by atoms with Crippen LogP contribution in [0, 0.1) is 0 Å². The number of nitrogens with zero attached hydrogens (tertiary/aromatic N) is 2. The number of hydrogen-bond acceptors (Lipinski definition) is 2. The molecule has 0 radical (unpaired) electrons. The minimum Gasteiger partial charge on any atom is -0.325 e. The smallest absolute Gasteiger partial charge is 0.325 e. The molecule has 2 N–H and O–H groups in total. The van der Waals surface area contributed by atoms with Gasteiger partial charge in [-0.1, -0.05) is 0 Å². The summed E-state index contributed by atoms with van der Waals surface area (Å²) in [6, 6.07) is 1.10. The molecule has 0 saturated heterocycles. The molecule has 16 heavy (non-hydrogen) atoms. The maximum absolute atomic E-state index is 12.4. The highest BCUT2D eigenvalue weighted by atomic mass is 19.4. The average molecular weight is 233 g/mol. The molecular weight excluding hydrogens is 219 g/mol. The summed E-state index contributed by atoms with van der Waals surface area (Å²) in [5.74, 6) is 0. The van der Waals surface area contributed by atoms with Gasteiger partial charge in [-0.3, -0.25) is 4.68 Å². The Morgan fingerprint density at radius 3 is 2.56 bits per heavy atom. The van der Waals surface area contributed by atoms with E-state index in [0.29, 0.717) is 12.1 Å². The van der Waals surface area contributed by atoms with Crippen molar-refractivity contribution in [1.29, 1.82) is 0 Å². The summed E-state index contributed by atoms with van der Waals surface area (Å²) in [6.07, 6.45) is -1.15. The first kappa shape index (κ1) is 11.4. The van der Waals surface area contributed by atoms with Crippen molar-refractivity contribution in [2.45, 2.75) is 37.4 Å². The Kier molecular flexibility index (Phi) is 2.49. The first-order valence-corrected chi connectivity index (χ1v) is 5.19. The summed E-state index contributed by atoms with van der Waals surface area (Å²) < 4.78 is 38.4. The third-order valence-electron chi connectivity index (χ3n) is 3.04. The summed E-state index contributed by atoms with van der Waals surface area (Å²) in [7, 11) is 1.53. The lowest BCUT2D eigenvalue weighted by atomic mass is 10.1. The topological polar surface area (TPSA) is 43.8 Å². The fraction of sp³-hybridized carbons (Fsp3) is 0.700. The van der Waals surface area contributed by atoms with Gasteiger partial charge in [0.25, 0.3) is 0 Å². The highest BCUT2D eigenvalue weighted by molar-refractivity contribution is 5.14. The van der Waals surface area contributed by atoms with E-state index in [2.05, 4.69) is 5.10 Å². The van der Waals surface area contributed by atoms with Crippen molar-refractivity contribution >= 4 is 0 Å². The third kappa shape index (κ3) is 2.37. The van der Waals surface area contributed by atoms with Crippen LogP contribution in [0.3, 0.4) is 0 Å². The second kappa shape index (κ2) is 3.48. The molecule has 1 aromatic rings. The zero-order valence-electron chi connectivity index (χ0n) is 9.01. The number of rotatable bonds is 3. The monoisotopic (exact) mass is 233 g/mol. The van der Waals surface area contributed by atoms with Crippen LogP contribution in [0.25, 0.3) is 0 Å². The van der Waals surface area contributed by atoms with E-state index in [0.717, 1.165) is 25.3 Å². The van der Waals surface area contributed by atoms with Crippen LogP contribution in [-0.2, 0) is 19.6 Å². The number of aryl methyl sites for hydroxylation is 2. The van der Waals surface area contributed by atoms with Crippen LogP contribution in [0.1, 0.15) is 30.7 Å². The van der Waals surface area contributed by atoms with Crippen molar-refractivity contribution in [2.24, 2.45) is 12.8 Å². The average Bonchev–Trinajstić information content (AvgIpc) is 2.74. The van der Waals surface area contributed by atoms with Gasteiger partial charge in [-0.2, -0.15) is 18.3 Å². The maximum Gasteiger partial charge on any atom is 0.435 e. The van der Waals surface area contributed by atoms with E-state index < -0.39 is 11.9 Å². The molecule has 0 bridgehead atoms. The molecule has 0 spiro atoms. The number of halogens is 3. The summed E-state index contributed by atoms with van der Waals surface area (Å²) in [4.78, 5) is 0. The van der Waals surface area contributed by atoms with Gasteiger partial charge in [0.2, 0.25) is 0 Å². The first-order chi connectivity index (χ1) is 7.30. The number of alkyl halides is 3. The molecule has 0 aromatic carbocycles. The molecule has 3 nitrogen and oxygen atoms in total. The molecule has 0 atom stereocenters. The molecule has 0 aliphatic heterocycles. The lowest BCUT2D eigenvalue weighted by Crippen LogP contribution is -2.22. The van der Waals surface area contributed by atoms with E-state index in [1.165, 1.54) is 11.7 Å². The minimum absolute atomic E-state index is 0.136. The van der Waals surface area contributed by atoms with Crippen LogP contribution in [0.4, 0.5) is 13.2 Å². The molecule has 6 heteroatoms.